The smallest absolute Gasteiger partial charge is 0.319 e. The Morgan fingerprint density at radius 3 is 2.21 bits per heavy atom. The zero-order valence-electron chi connectivity index (χ0n) is 14.3. The molecule has 0 spiro atoms. The van der Waals surface area contributed by atoms with Gasteiger partial charge in [-0.3, -0.25) is 0 Å². The predicted molar refractivity (Wildman–Crippen MR) is 96.0 cm³/mol. The van der Waals surface area contributed by atoms with Gasteiger partial charge in [-0.1, -0.05) is 26.0 Å². The fourth-order valence-corrected chi connectivity index (χ4v) is 2.13. The van der Waals surface area contributed by atoms with Crippen LogP contribution >= 0.6 is 0 Å². The Balaban J connectivity index is 1.69. The highest BCUT2D eigenvalue weighted by molar-refractivity contribution is 5.89. The van der Waals surface area contributed by atoms with Gasteiger partial charge in [-0.15, -0.1) is 0 Å². The molecule has 0 heterocycles. The summed E-state index contributed by atoms with van der Waals surface area (Å²) >= 11 is 0. The number of methoxy groups -OCH3 is 1. The Morgan fingerprint density at radius 1 is 1.00 bits per heavy atom. The van der Waals surface area contributed by atoms with Gasteiger partial charge in [0.1, 0.15) is 18.1 Å². The Morgan fingerprint density at radius 2 is 1.62 bits per heavy atom. The van der Waals surface area contributed by atoms with E-state index < -0.39 is 0 Å². The van der Waals surface area contributed by atoms with Crippen LogP contribution in [0.3, 0.4) is 0 Å². The molecule has 0 aliphatic rings. The first-order chi connectivity index (χ1) is 11.6. The van der Waals surface area contributed by atoms with Gasteiger partial charge in [-0.2, -0.15) is 0 Å². The summed E-state index contributed by atoms with van der Waals surface area (Å²) < 4.78 is 10.6. The average Bonchev–Trinajstić information content (AvgIpc) is 2.59. The maximum absolute atomic E-state index is 11.8. The molecule has 0 saturated carbocycles. The van der Waals surface area contributed by atoms with Crippen molar-refractivity contribution in [3.63, 3.8) is 0 Å². The number of amides is 2. The number of ether oxygens (including phenoxy) is 2. The van der Waals surface area contributed by atoms with Gasteiger partial charge in [0.05, 0.1) is 13.7 Å². The first-order valence-electron chi connectivity index (χ1n) is 8.00. The second-order valence-corrected chi connectivity index (χ2v) is 5.68. The molecule has 0 bridgehead atoms. The maximum atomic E-state index is 11.8. The van der Waals surface area contributed by atoms with E-state index in [-0.39, 0.29) is 6.03 Å². The number of anilines is 1. The van der Waals surface area contributed by atoms with Crippen LogP contribution in [0.5, 0.6) is 11.5 Å². The predicted octanol–water partition coefficient (Wildman–Crippen LogP) is 4.02. The Bertz CT molecular complexity index is 637. The van der Waals surface area contributed by atoms with E-state index in [9.17, 15) is 4.79 Å². The Kier molecular flexibility index (Phi) is 6.49. The topological polar surface area (TPSA) is 59.6 Å². The third-order valence-electron chi connectivity index (χ3n) is 3.55. The standard InChI is InChI=1S/C19H24N2O3/c1-14(2)15-4-6-16(7-5-15)21-19(22)20-12-13-24-18-10-8-17(23-3)9-11-18/h4-11,14H,12-13H2,1-3H3,(H2,20,21,22). The summed E-state index contributed by atoms with van der Waals surface area (Å²) in [6.45, 7) is 5.09. The maximum Gasteiger partial charge on any atom is 0.319 e. The monoisotopic (exact) mass is 328 g/mol. The van der Waals surface area contributed by atoms with Crippen LogP contribution in [-0.2, 0) is 0 Å². The number of urea groups is 1. The summed E-state index contributed by atoms with van der Waals surface area (Å²) in [7, 11) is 1.62. The fraction of sp³-hybridized carbons (Fsp3) is 0.316. The van der Waals surface area contributed by atoms with Gasteiger partial charge in [0.25, 0.3) is 0 Å². The van der Waals surface area contributed by atoms with Crippen LogP contribution < -0.4 is 20.1 Å². The van der Waals surface area contributed by atoms with Crippen LogP contribution in [0, 0.1) is 0 Å². The third kappa shape index (κ3) is 5.50. The number of nitrogens with one attached hydrogen (secondary N) is 2. The molecule has 0 unspecified atom stereocenters. The molecule has 128 valence electrons. The molecule has 5 heteroatoms. The summed E-state index contributed by atoms with van der Waals surface area (Å²) in [5.41, 5.74) is 2.02. The average molecular weight is 328 g/mol. The van der Waals surface area contributed by atoms with E-state index in [0.29, 0.717) is 19.1 Å². The lowest BCUT2D eigenvalue weighted by Gasteiger charge is -2.10. The van der Waals surface area contributed by atoms with E-state index in [0.717, 1.165) is 17.2 Å². The number of hydrogen-bond donors (Lipinski definition) is 2. The summed E-state index contributed by atoms with van der Waals surface area (Å²) in [6, 6.07) is 14.9. The van der Waals surface area contributed by atoms with Gasteiger partial charge < -0.3 is 20.1 Å². The molecule has 0 saturated heterocycles. The normalized spacial score (nSPS) is 10.3. The van der Waals surface area contributed by atoms with Crippen molar-refractivity contribution < 1.29 is 14.3 Å². The summed E-state index contributed by atoms with van der Waals surface area (Å²) in [5.74, 6) is 1.99. The molecule has 2 rings (SSSR count). The van der Waals surface area contributed by atoms with Crippen molar-refractivity contribution in [3.8, 4) is 11.5 Å². The van der Waals surface area contributed by atoms with Gasteiger partial charge in [0.2, 0.25) is 0 Å². The van der Waals surface area contributed by atoms with Crippen molar-refractivity contribution in [1.29, 1.82) is 0 Å². The molecular formula is C19H24N2O3. The molecule has 5 nitrogen and oxygen atoms in total. The van der Waals surface area contributed by atoms with E-state index in [1.807, 2.05) is 48.5 Å². The van der Waals surface area contributed by atoms with Crippen molar-refractivity contribution in [1.82, 2.24) is 5.32 Å². The van der Waals surface area contributed by atoms with Gasteiger partial charge in [0, 0.05) is 5.69 Å². The molecule has 2 aromatic rings. The number of carbonyl (C=O) groups excluding carboxylic acids is 1. The lowest BCUT2D eigenvalue weighted by Crippen LogP contribution is -2.32. The molecule has 0 aliphatic carbocycles. The molecule has 0 aromatic heterocycles. The number of carbonyl (C=O) groups is 1. The van der Waals surface area contributed by atoms with Crippen LogP contribution in [0.1, 0.15) is 25.3 Å². The van der Waals surface area contributed by atoms with E-state index >= 15 is 0 Å². The molecule has 0 aliphatic heterocycles. The van der Waals surface area contributed by atoms with E-state index in [2.05, 4.69) is 24.5 Å². The zero-order chi connectivity index (χ0) is 17.4. The SMILES string of the molecule is COc1ccc(OCCNC(=O)Nc2ccc(C(C)C)cc2)cc1. The van der Waals surface area contributed by atoms with Crippen LogP contribution in [0.25, 0.3) is 0 Å². The molecule has 2 aromatic carbocycles. The second-order valence-electron chi connectivity index (χ2n) is 5.68. The Labute approximate surface area is 143 Å². The van der Waals surface area contributed by atoms with Crippen LogP contribution in [0.2, 0.25) is 0 Å². The van der Waals surface area contributed by atoms with Crippen molar-refractivity contribution in [2.75, 3.05) is 25.6 Å². The zero-order valence-corrected chi connectivity index (χ0v) is 14.3. The van der Waals surface area contributed by atoms with Crippen molar-refractivity contribution in [2.24, 2.45) is 0 Å². The highest BCUT2D eigenvalue weighted by atomic mass is 16.5. The highest BCUT2D eigenvalue weighted by Gasteiger charge is 2.03. The minimum Gasteiger partial charge on any atom is -0.497 e. The number of benzene rings is 2. The highest BCUT2D eigenvalue weighted by Crippen LogP contribution is 2.17. The summed E-state index contributed by atoms with van der Waals surface area (Å²) in [6.07, 6.45) is 0. The first kappa shape index (κ1) is 17.7. The van der Waals surface area contributed by atoms with Crippen molar-refractivity contribution >= 4 is 11.7 Å². The summed E-state index contributed by atoms with van der Waals surface area (Å²) in [4.78, 5) is 11.8. The molecule has 2 N–H and O–H groups in total. The Hall–Kier alpha value is -2.69. The largest absolute Gasteiger partial charge is 0.497 e. The third-order valence-corrected chi connectivity index (χ3v) is 3.55. The van der Waals surface area contributed by atoms with Crippen molar-refractivity contribution in [2.45, 2.75) is 19.8 Å². The van der Waals surface area contributed by atoms with Crippen LogP contribution in [0.15, 0.2) is 48.5 Å². The van der Waals surface area contributed by atoms with Gasteiger partial charge in [-0.05, 0) is 47.9 Å². The minimum absolute atomic E-state index is 0.245. The quantitative estimate of drug-likeness (QED) is 0.755. The molecule has 2 amide bonds. The minimum atomic E-state index is -0.245. The van der Waals surface area contributed by atoms with Crippen molar-refractivity contribution in [3.05, 3.63) is 54.1 Å². The lowest BCUT2D eigenvalue weighted by molar-refractivity contribution is 0.247. The van der Waals surface area contributed by atoms with E-state index in [1.165, 1.54) is 5.56 Å². The van der Waals surface area contributed by atoms with E-state index in [1.54, 1.807) is 7.11 Å². The number of rotatable bonds is 7. The molecule has 24 heavy (non-hydrogen) atoms. The van der Waals surface area contributed by atoms with Crippen LogP contribution in [0.4, 0.5) is 10.5 Å². The molecule has 0 atom stereocenters. The number of hydrogen-bond acceptors (Lipinski definition) is 3. The molecule has 0 radical (unpaired) electrons. The van der Waals surface area contributed by atoms with Gasteiger partial charge >= 0.3 is 6.03 Å². The van der Waals surface area contributed by atoms with Gasteiger partial charge in [0.15, 0.2) is 0 Å². The molecule has 0 fully saturated rings. The van der Waals surface area contributed by atoms with Crippen LogP contribution in [-0.4, -0.2) is 26.3 Å². The second kappa shape index (κ2) is 8.82. The first-order valence-corrected chi connectivity index (χ1v) is 8.00. The van der Waals surface area contributed by atoms with Gasteiger partial charge in [-0.25, -0.2) is 4.79 Å². The lowest BCUT2D eigenvalue weighted by atomic mass is 10.0. The molecular weight excluding hydrogens is 304 g/mol. The van der Waals surface area contributed by atoms with E-state index in [4.69, 9.17) is 9.47 Å². The summed E-state index contributed by atoms with van der Waals surface area (Å²) in [5, 5.41) is 5.56. The fourth-order valence-electron chi connectivity index (χ4n) is 2.13.